The van der Waals surface area contributed by atoms with E-state index in [2.05, 4.69) is 22.5 Å². The lowest BCUT2D eigenvalue weighted by Crippen LogP contribution is -2.45. The molecule has 0 aliphatic heterocycles. The zero-order valence-electron chi connectivity index (χ0n) is 17.0. The van der Waals surface area contributed by atoms with Gasteiger partial charge in [0.25, 0.3) is 5.91 Å². The predicted molar refractivity (Wildman–Crippen MR) is 110 cm³/mol. The Hall–Kier alpha value is -2.83. The molecule has 1 aromatic heterocycles. The van der Waals surface area contributed by atoms with Crippen molar-refractivity contribution < 1.29 is 19.1 Å². The van der Waals surface area contributed by atoms with Crippen LogP contribution in [0, 0.1) is 5.92 Å². The number of carbonyl (C=O) groups is 3. The Bertz CT molecular complexity index is 876. The predicted octanol–water partition coefficient (Wildman–Crippen LogP) is 2.45. The maximum atomic E-state index is 12.6. The van der Waals surface area contributed by atoms with Crippen molar-refractivity contribution in [1.29, 1.82) is 0 Å². The molecule has 2 aromatic rings. The molecule has 0 spiro atoms. The Morgan fingerprint density at radius 3 is 2.72 bits per heavy atom. The average molecular weight is 399 g/mol. The molecule has 3 unspecified atom stereocenters. The number of benzene rings is 1. The number of aromatic amines is 1. The van der Waals surface area contributed by atoms with Gasteiger partial charge in [-0.25, -0.2) is 4.79 Å². The molecule has 156 valence electrons. The summed E-state index contributed by atoms with van der Waals surface area (Å²) in [5, 5.41) is 6.59. The standard InChI is InChI=1S/C22H29N3O4/c1-14-7-3-5-9-18(14)25-21(27)13-29-22(28)20(24-15(2)26)11-16-12-23-19-10-6-4-8-17(16)19/h4,6,8,10,12,14,18,20,23H,3,5,7,9,11,13H2,1-2H3,(H,24,26)(H,25,27). The molecule has 1 saturated carbocycles. The highest BCUT2D eigenvalue weighted by Crippen LogP contribution is 2.23. The number of aromatic nitrogens is 1. The summed E-state index contributed by atoms with van der Waals surface area (Å²) in [6.07, 6.45) is 6.45. The second-order valence-electron chi connectivity index (χ2n) is 7.86. The van der Waals surface area contributed by atoms with Crippen LogP contribution in [0.3, 0.4) is 0 Å². The summed E-state index contributed by atoms with van der Waals surface area (Å²) < 4.78 is 5.23. The molecule has 2 amide bonds. The number of ether oxygens (including phenoxy) is 1. The van der Waals surface area contributed by atoms with Crippen molar-refractivity contribution >= 4 is 28.7 Å². The van der Waals surface area contributed by atoms with Gasteiger partial charge in [0.1, 0.15) is 6.04 Å². The molecular formula is C22H29N3O4. The maximum absolute atomic E-state index is 12.6. The summed E-state index contributed by atoms with van der Waals surface area (Å²) in [6.45, 7) is 3.14. The number of H-pyrrole nitrogens is 1. The van der Waals surface area contributed by atoms with E-state index in [1.165, 1.54) is 13.3 Å². The fourth-order valence-corrected chi connectivity index (χ4v) is 3.98. The van der Waals surface area contributed by atoms with Gasteiger partial charge in [0.15, 0.2) is 6.61 Å². The quantitative estimate of drug-likeness (QED) is 0.623. The lowest BCUT2D eigenvalue weighted by molar-refractivity contribution is -0.151. The van der Waals surface area contributed by atoms with Crippen molar-refractivity contribution in [3.05, 3.63) is 36.0 Å². The van der Waals surface area contributed by atoms with Gasteiger partial charge in [-0.05, 0) is 30.4 Å². The summed E-state index contributed by atoms with van der Waals surface area (Å²) >= 11 is 0. The smallest absolute Gasteiger partial charge is 0.329 e. The van der Waals surface area contributed by atoms with Gasteiger partial charge in [0.2, 0.25) is 5.91 Å². The highest BCUT2D eigenvalue weighted by molar-refractivity contribution is 5.88. The lowest BCUT2D eigenvalue weighted by atomic mass is 9.86. The van der Waals surface area contributed by atoms with Gasteiger partial charge in [-0.3, -0.25) is 9.59 Å². The van der Waals surface area contributed by atoms with E-state index in [1.54, 1.807) is 0 Å². The Balaban J connectivity index is 1.58. The van der Waals surface area contributed by atoms with Crippen LogP contribution in [0.25, 0.3) is 10.9 Å². The number of carbonyl (C=O) groups excluding carboxylic acids is 3. The van der Waals surface area contributed by atoms with Gasteiger partial charge in [-0.15, -0.1) is 0 Å². The van der Waals surface area contributed by atoms with Crippen LogP contribution in [0.15, 0.2) is 30.5 Å². The molecule has 1 aliphatic rings. The molecule has 1 heterocycles. The van der Waals surface area contributed by atoms with E-state index in [0.717, 1.165) is 35.7 Å². The highest BCUT2D eigenvalue weighted by atomic mass is 16.5. The maximum Gasteiger partial charge on any atom is 0.329 e. The normalized spacial score (nSPS) is 20.1. The monoisotopic (exact) mass is 399 g/mol. The number of esters is 1. The van der Waals surface area contributed by atoms with Gasteiger partial charge in [0, 0.05) is 36.5 Å². The number of hydrogen-bond donors (Lipinski definition) is 3. The Morgan fingerprint density at radius 2 is 1.97 bits per heavy atom. The Kier molecular flexibility index (Phi) is 6.90. The molecule has 3 atom stereocenters. The molecule has 29 heavy (non-hydrogen) atoms. The van der Waals surface area contributed by atoms with Crippen LogP contribution >= 0.6 is 0 Å². The van der Waals surface area contributed by atoms with Crippen molar-refractivity contribution in [2.45, 2.75) is 58.0 Å². The third kappa shape index (κ3) is 5.59. The van der Waals surface area contributed by atoms with Crippen LogP contribution < -0.4 is 10.6 Å². The molecular weight excluding hydrogens is 370 g/mol. The SMILES string of the molecule is CC(=O)NC(Cc1c[nH]c2ccccc12)C(=O)OCC(=O)NC1CCCCC1C. The minimum Gasteiger partial charge on any atom is -0.454 e. The van der Waals surface area contributed by atoms with Gasteiger partial charge in [-0.1, -0.05) is 38.0 Å². The number of nitrogens with one attached hydrogen (secondary N) is 3. The Labute approximate surface area is 170 Å². The summed E-state index contributed by atoms with van der Waals surface area (Å²) in [5.41, 5.74) is 1.86. The van der Waals surface area contributed by atoms with Crippen LogP contribution in [-0.4, -0.2) is 41.5 Å². The van der Waals surface area contributed by atoms with Gasteiger partial charge < -0.3 is 20.4 Å². The van der Waals surface area contributed by atoms with Crippen molar-refractivity contribution in [2.75, 3.05) is 6.61 Å². The van der Waals surface area contributed by atoms with Gasteiger partial charge >= 0.3 is 5.97 Å². The van der Waals surface area contributed by atoms with E-state index in [9.17, 15) is 14.4 Å². The second kappa shape index (κ2) is 9.58. The third-order valence-corrected chi connectivity index (χ3v) is 5.56. The van der Waals surface area contributed by atoms with Crippen LogP contribution in [0.2, 0.25) is 0 Å². The molecule has 3 rings (SSSR count). The molecule has 1 fully saturated rings. The van der Waals surface area contributed by atoms with Crippen LogP contribution in [0.4, 0.5) is 0 Å². The molecule has 0 saturated heterocycles. The highest BCUT2D eigenvalue weighted by Gasteiger charge is 2.26. The Morgan fingerprint density at radius 1 is 1.21 bits per heavy atom. The van der Waals surface area contributed by atoms with Crippen LogP contribution in [-0.2, 0) is 25.5 Å². The first-order chi connectivity index (χ1) is 13.9. The minimum atomic E-state index is -0.854. The number of rotatable bonds is 7. The average Bonchev–Trinajstić information content (AvgIpc) is 3.10. The molecule has 1 aromatic carbocycles. The molecule has 7 nitrogen and oxygen atoms in total. The molecule has 7 heteroatoms. The third-order valence-electron chi connectivity index (χ3n) is 5.56. The lowest BCUT2D eigenvalue weighted by Gasteiger charge is -2.29. The molecule has 0 radical (unpaired) electrons. The van der Waals surface area contributed by atoms with Gasteiger partial charge in [0.05, 0.1) is 0 Å². The first kappa shape index (κ1) is 20.9. The zero-order chi connectivity index (χ0) is 20.8. The van der Waals surface area contributed by atoms with E-state index < -0.39 is 12.0 Å². The van der Waals surface area contributed by atoms with Gasteiger partial charge in [-0.2, -0.15) is 0 Å². The van der Waals surface area contributed by atoms with Crippen molar-refractivity contribution in [1.82, 2.24) is 15.6 Å². The fraction of sp³-hybridized carbons (Fsp3) is 0.500. The first-order valence-corrected chi connectivity index (χ1v) is 10.2. The summed E-state index contributed by atoms with van der Waals surface area (Å²) in [4.78, 5) is 39.5. The van der Waals surface area contributed by atoms with Crippen molar-refractivity contribution in [3.8, 4) is 0 Å². The van der Waals surface area contributed by atoms with E-state index in [0.29, 0.717) is 5.92 Å². The fourth-order valence-electron chi connectivity index (χ4n) is 3.98. The second-order valence-corrected chi connectivity index (χ2v) is 7.86. The number of amides is 2. The summed E-state index contributed by atoms with van der Waals surface area (Å²) in [5.74, 6) is -0.812. The van der Waals surface area contributed by atoms with Crippen molar-refractivity contribution in [3.63, 3.8) is 0 Å². The zero-order valence-corrected chi connectivity index (χ0v) is 17.0. The first-order valence-electron chi connectivity index (χ1n) is 10.2. The van der Waals surface area contributed by atoms with Crippen LogP contribution in [0.5, 0.6) is 0 Å². The van der Waals surface area contributed by atoms with E-state index in [-0.39, 0.29) is 30.9 Å². The van der Waals surface area contributed by atoms with Crippen LogP contribution in [0.1, 0.15) is 45.1 Å². The number of hydrogen-bond acceptors (Lipinski definition) is 4. The summed E-state index contributed by atoms with van der Waals surface area (Å²) in [6, 6.07) is 7.02. The van der Waals surface area contributed by atoms with E-state index >= 15 is 0 Å². The van der Waals surface area contributed by atoms with Crippen molar-refractivity contribution in [2.24, 2.45) is 5.92 Å². The largest absolute Gasteiger partial charge is 0.454 e. The number of para-hydroxylation sites is 1. The molecule has 0 bridgehead atoms. The molecule has 3 N–H and O–H groups in total. The topological polar surface area (TPSA) is 100 Å². The molecule has 1 aliphatic carbocycles. The number of fused-ring (bicyclic) bond motifs is 1. The van der Waals surface area contributed by atoms with E-state index in [4.69, 9.17) is 4.74 Å². The summed E-state index contributed by atoms with van der Waals surface area (Å²) in [7, 11) is 0. The minimum absolute atomic E-state index is 0.132. The van der Waals surface area contributed by atoms with E-state index in [1.807, 2.05) is 30.5 Å².